The molecule has 1 heterocycles. The maximum Gasteiger partial charge on any atom is 0.335 e. The van der Waals surface area contributed by atoms with Gasteiger partial charge in [0, 0.05) is 36.0 Å². The molecule has 0 fully saturated rings. The first-order chi connectivity index (χ1) is 20.1. The van der Waals surface area contributed by atoms with E-state index in [9.17, 15) is 24.3 Å². The van der Waals surface area contributed by atoms with E-state index in [1.165, 1.54) is 12.1 Å². The van der Waals surface area contributed by atoms with E-state index in [2.05, 4.69) is 28.2 Å². The Labute approximate surface area is 247 Å². The molecule has 0 spiro atoms. The van der Waals surface area contributed by atoms with Crippen LogP contribution in [0.1, 0.15) is 27.0 Å². The lowest BCUT2D eigenvalue weighted by molar-refractivity contribution is -0.142. The molecular weight excluding hydrogens is 556 g/mol. The van der Waals surface area contributed by atoms with Gasteiger partial charge in [-0.2, -0.15) is 12.6 Å². The minimum Gasteiger partial charge on any atom is -0.480 e. The number of H-pyrrole nitrogens is 1. The number of carbonyl (C=O) groups is 4. The van der Waals surface area contributed by atoms with Crippen LogP contribution in [0.3, 0.4) is 0 Å². The van der Waals surface area contributed by atoms with Crippen LogP contribution < -0.4 is 16.4 Å². The summed E-state index contributed by atoms with van der Waals surface area (Å²) in [5, 5.41) is 24.1. The van der Waals surface area contributed by atoms with Gasteiger partial charge in [0.1, 0.15) is 12.1 Å². The molecule has 11 heteroatoms. The zero-order valence-electron chi connectivity index (χ0n) is 22.6. The summed E-state index contributed by atoms with van der Waals surface area (Å²) in [5.74, 6) is -3.50. The predicted octanol–water partition coefficient (Wildman–Crippen LogP) is 2.57. The van der Waals surface area contributed by atoms with Crippen LogP contribution in [0.15, 0.2) is 85.1 Å². The third kappa shape index (κ3) is 7.77. The number of fused-ring (bicyclic) bond motifs is 1. The largest absolute Gasteiger partial charge is 0.480 e. The highest BCUT2D eigenvalue weighted by atomic mass is 32.1. The lowest BCUT2D eigenvalue weighted by atomic mass is 10.0. The summed E-state index contributed by atoms with van der Waals surface area (Å²) >= 11 is 4.42. The Morgan fingerprint density at radius 2 is 1.38 bits per heavy atom. The summed E-state index contributed by atoms with van der Waals surface area (Å²) in [6.45, 7) is 0. The molecule has 2 amide bonds. The van der Waals surface area contributed by atoms with Gasteiger partial charge in [0.05, 0.1) is 10.8 Å². The van der Waals surface area contributed by atoms with Crippen molar-refractivity contribution in [1.29, 1.82) is 0 Å². The Morgan fingerprint density at radius 1 is 0.762 bits per heavy atom. The summed E-state index contributed by atoms with van der Waals surface area (Å²) in [6, 6.07) is 19.5. The molecule has 4 rings (SSSR count). The third-order valence-electron chi connectivity index (χ3n) is 6.98. The fourth-order valence-electron chi connectivity index (χ4n) is 4.67. The number of hydrogen-bond acceptors (Lipinski definition) is 6. The number of carboxylic acids is 2. The number of thiol groups is 1. The van der Waals surface area contributed by atoms with E-state index in [0.29, 0.717) is 0 Å². The van der Waals surface area contributed by atoms with Crippen molar-refractivity contribution in [3.05, 3.63) is 107 Å². The van der Waals surface area contributed by atoms with Crippen LogP contribution in [0.4, 0.5) is 0 Å². The third-order valence-corrected chi connectivity index (χ3v) is 7.59. The van der Waals surface area contributed by atoms with E-state index in [4.69, 9.17) is 10.8 Å². The highest BCUT2D eigenvalue weighted by Crippen LogP contribution is 2.20. The number of carboxylic acid groups (broad SMARTS) is 2. The second-order valence-corrected chi connectivity index (χ2v) is 10.6. The first-order valence-electron chi connectivity index (χ1n) is 13.3. The number of amides is 2. The number of para-hydroxylation sites is 1. The molecule has 3 aromatic carbocycles. The van der Waals surface area contributed by atoms with Crippen LogP contribution in [0, 0.1) is 0 Å². The second kappa shape index (κ2) is 13.8. The Hall–Kier alpha value is -4.61. The number of aliphatic carboxylic acids is 1. The number of aromatic nitrogens is 1. The maximum atomic E-state index is 13.5. The fourth-order valence-corrected chi connectivity index (χ4v) is 4.85. The molecule has 7 N–H and O–H groups in total. The summed E-state index contributed by atoms with van der Waals surface area (Å²) in [6.07, 6.45) is 2.14. The molecule has 0 bridgehead atoms. The summed E-state index contributed by atoms with van der Waals surface area (Å²) in [4.78, 5) is 53.1. The van der Waals surface area contributed by atoms with Crippen molar-refractivity contribution in [2.24, 2.45) is 5.73 Å². The van der Waals surface area contributed by atoms with E-state index in [1.807, 2.05) is 30.3 Å². The van der Waals surface area contributed by atoms with Crippen LogP contribution in [-0.4, -0.2) is 62.3 Å². The molecule has 4 atom stereocenters. The number of carbonyl (C=O) groups excluding carboxylic acids is 2. The van der Waals surface area contributed by atoms with Crippen molar-refractivity contribution in [2.75, 3.05) is 0 Å². The number of benzene rings is 3. The first-order valence-corrected chi connectivity index (χ1v) is 13.8. The van der Waals surface area contributed by atoms with Crippen LogP contribution in [0.5, 0.6) is 0 Å². The Balaban J connectivity index is 1.51. The van der Waals surface area contributed by atoms with Crippen LogP contribution in [-0.2, 0) is 33.6 Å². The molecule has 0 saturated carbocycles. The standard InChI is InChI=1S/C31H32N4O6S/c32-23(14-19-10-12-20(13-11-19)30(38)39)27(42)29(37)34-25(16-21-17-33-24-9-5-4-8-22(21)24)28(36)35-26(31(40)41)15-18-6-2-1-3-7-18/h1-13,17,23,25-27,33,42H,14-16,32H2,(H,34,37)(H,35,36)(H,38,39)(H,40,41)/t23-,25-,26-,27-/m0/s1. The van der Waals surface area contributed by atoms with Gasteiger partial charge in [-0.3, -0.25) is 9.59 Å². The van der Waals surface area contributed by atoms with Gasteiger partial charge in [-0.05, 0) is 41.3 Å². The van der Waals surface area contributed by atoms with E-state index < -0.39 is 47.1 Å². The molecule has 4 aromatic rings. The van der Waals surface area contributed by atoms with Gasteiger partial charge in [-0.1, -0.05) is 60.7 Å². The zero-order valence-corrected chi connectivity index (χ0v) is 23.5. The molecule has 42 heavy (non-hydrogen) atoms. The van der Waals surface area contributed by atoms with E-state index in [0.717, 1.165) is 27.6 Å². The normalized spacial score (nSPS) is 14.0. The average Bonchev–Trinajstić information content (AvgIpc) is 3.39. The van der Waals surface area contributed by atoms with Gasteiger partial charge in [0.2, 0.25) is 11.8 Å². The smallest absolute Gasteiger partial charge is 0.335 e. The highest BCUT2D eigenvalue weighted by Gasteiger charge is 2.31. The number of nitrogens with one attached hydrogen (secondary N) is 3. The van der Waals surface area contributed by atoms with Gasteiger partial charge < -0.3 is 31.6 Å². The molecule has 1 aromatic heterocycles. The minimum atomic E-state index is -1.22. The van der Waals surface area contributed by atoms with Gasteiger partial charge in [-0.25, -0.2) is 9.59 Å². The van der Waals surface area contributed by atoms with Crippen molar-refractivity contribution in [3.63, 3.8) is 0 Å². The van der Waals surface area contributed by atoms with Crippen molar-refractivity contribution >= 4 is 47.3 Å². The van der Waals surface area contributed by atoms with Gasteiger partial charge >= 0.3 is 11.9 Å². The molecule has 218 valence electrons. The van der Waals surface area contributed by atoms with Crippen molar-refractivity contribution < 1.29 is 29.4 Å². The second-order valence-electron chi connectivity index (χ2n) is 10.0. The zero-order chi connectivity index (χ0) is 30.2. The molecule has 10 nitrogen and oxygen atoms in total. The Morgan fingerprint density at radius 3 is 2.05 bits per heavy atom. The molecule has 0 saturated heterocycles. The first kappa shape index (κ1) is 30.4. The predicted molar refractivity (Wildman–Crippen MR) is 162 cm³/mol. The van der Waals surface area contributed by atoms with E-state index >= 15 is 0 Å². The SMILES string of the molecule is N[C@@H](Cc1ccc(C(=O)O)cc1)[C@H](S)C(=O)N[C@@H](Cc1c[nH]c2ccccc12)C(=O)N[C@@H](Cc1ccccc1)C(=O)O. The maximum absolute atomic E-state index is 13.5. The fraction of sp³-hybridized carbons (Fsp3) is 0.226. The molecule has 0 aliphatic carbocycles. The van der Waals surface area contributed by atoms with Crippen molar-refractivity contribution in [3.8, 4) is 0 Å². The van der Waals surface area contributed by atoms with Gasteiger partial charge in [-0.15, -0.1) is 0 Å². The lowest BCUT2D eigenvalue weighted by Gasteiger charge is -2.25. The quantitative estimate of drug-likeness (QED) is 0.118. The van der Waals surface area contributed by atoms with Crippen LogP contribution in [0.2, 0.25) is 0 Å². The highest BCUT2D eigenvalue weighted by molar-refractivity contribution is 7.81. The average molecular weight is 589 g/mol. The molecule has 0 aliphatic rings. The summed E-state index contributed by atoms with van der Waals surface area (Å²) < 4.78 is 0. The lowest BCUT2D eigenvalue weighted by Crippen LogP contribution is -2.55. The van der Waals surface area contributed by atoms with Crippen molar-refractivity contribution in [2.45, 2.75) is 42.6 Å². The monoisotopic (exact) mass is 588 g/mol. The molecule has 0 radical (unpaired) electrons. The van der Waals surface area contributed by atoms with E-state index in [1.54, 1.807) is 42.6 Å². The van der Waals surface area contributed by atoms with Crippen LogP contribution in [0.25, 0.3) is 10.9 Å². The number of hydrogen-bond donors (Lipinski definition) is 7. The Bertz CT molecular complexity index is 1560. The summed E-state index contributed by atoms with van der Waals surface area (Å²) in [5.41, 5.74) is 9.48. The topological polar surface area (TPSA) is 175 Å². The number of rotatable bonds is 13. The molecule has 0 aliphatic heterocycles. The molecule has 0 unspecified atom stereocenters. The minimum absolute atomic E-state index is 0.0659. The molecular formula is C31H32N4O6S. The van der Waals surface area contributed by atoms with Gasteiger partial charge in [0.15, 0.2) is 0 Å². The van der Waals surface area contributed by atoms with Crippen LogP contribution >= 0.6 is 12.6 Å². The number of aromatic carboxylic acids is 1. The van der Waals surface area contributed by atoms with Crippen molar-refractivity contribution in [1.82, 2.24) is 15.6 Å². The Kier molecular flexibility index (Phi) is 10.00. The van der Waals surface area contributed by atoms with Gasteiger partial charge in [0.25, 0.3) is 0 Å². The summed E-state index contributed by atoms with van der Waals surface area (Å²) in [7, 11) is 0. The number of nitrogens with two attached hydrogens (primary N) is 1. The number of aromatic amines is 1. The van der Waals surface area contributed by atoms with E-state index in [-0.39, 0.29) is 24.8 Å².